The quantitative estimate of drug-likeness (QED) is 0.289. The molecule has 2 heterocycles. The fourth-order valence-electron chi connectivity index (χ4n) is 3.64. The topological polar surface area (TPSA) is 73.3 Å². The molecule has 6 nitrogen and oxygen atoms in total. The van der Waals surface area contributed by atoms with Crippen molar-refractivity contribution in [3.8, 4) is 28.5 Å². The van der Waals surface area contributed by atoms with E-state index in [4.69, 9.17) is 9.47 Å². The third kappa shape index (κ3) is 6.06. The van der Waals surface area contributed by atoms with Gasteiger partial charge in [0.2, 0.25) is 5.88 Å². The second-order valence-corrected chi connectivity index (χ2v) is 8.23. The van der Waals surface area contributed by atoms with Crippen LogP contribution in [0.5, 0.6) is 17.4 Å². The highest BCUT2D eigenvalue weighted by Gasteiger charge is 2.31. The number of hydrogen-bond acceptors (Lipinski definition) is 5. The number of carbonyl (C=O) groups excluding carboxylic acids is 1. The predicted molar refractivity (Wildman–Crippen MR) is 134 cm³/mol. The first-order chi connectivity index (χ1) is 17.7. The minimum Gasteiger partial charge on any atom is -0.497 e. The van der Waals surface area contributed by atoms with Gasteiger partial charge in [0, 0.05) is 41.0 Å². The zero-order valence-corrected chi connectivity index (χ0v) is 20.4. The van der Waals surface area contributed by atoms with Gasteiger partial charge in [-0.1, -0.05) is 13.0 Å². The van der Waals surface area contributed by atoms with Crippen LogP contribution in [0.4, 0.5) is 18.9 Å². The molecule has 37 heavy (non-hydrogen) atoms. The maximum absolute atomic E-state index is 13.3. The van der Waals surface area contributed by atoms with Crippen LogP contribution in [0.2, 0.25) is 0 Å². The molecule has 1 amide bonds. The molecule has 0 unspecified atom stereocenters. The summed E-state index contributed by atoms with van der Waals surface area (Å²) in [4.78, 5) is 21.6. The number of anilines is 1. The number of amides is 1. The number of pyridine rings is 2. The fourth-order valence-corrected chi connectivity index (χ4v) is 3.64. The van der Waals surface area contributed by atoms with Crippen molar-refractivity contribution in [3.05, 3.63) is 95.4 Å². The molecule has 0 radical (unpaired) electrons. The number of aryl methyl sites for hydroxylation is 2. The molecule has 0 aliphatic rings. The van der Waals surface area contributed by atoms with E-state index in [1.54, 1.807) is 30.6 Å². The monoisotopic (exact) mass is 507 g/mol. The number of carbonyl (C=O) groups is 1. The highest BCUT2D eigenvalue weighted by Crippen LogP contribution is 2.35. The molecule has 4 aromatic rings. The van der Waals surface area contributed by atoms with Gasteiger partial charge in [-0.15, -0.1) is 0 Å². The third-order valence-corrected chi connectivity index (χ3v) is 5.65. The van der Waals surface area contributed by atoms with Crippen molar-refractivity contribution in [3.63, 3.8) is 0 Å². The number of rotatable bonds is 7. The van der Waals surface area contributed by atoms with Crippen molar-refractivity contribution in [2.45, 2.75) is 26.4 Å². The zero-order chi connectivity index (χ0) is 26.6. The maximum Gasteiger partial charge on any atom is 0.416 e. The van der Waals surface area contributed by atoms with Gasteiger partial charge in [0.1, 0.15) is 11.5 Å². The molecule has 0 fully saturated rings. The lowest BCUT2D eigenvalue weighted by Gasteiger charge is -2.14. The van der Waals surface area contributed by atoms with Crippen LogP contribution in [0.1, 0.15) is 34.1 Å². The molecule has 190 valence electrons. The van der Waals surface area contributed by atoms with Gasteiger partial charge in [0.25, 0.3) is 5.91 Å². The van der Waals surface area contributed by atoms with E-state index in [0.717, 1.165) is 40.9 Å². The van der Waals surface area contributed by atoms with Crippen LogP contribution >= 0.6 is 0 Å². The van der Waals surface area contributed by atoms with E-state index < -0.39 is 17.6 Å². The van der Waals surface area contributed by atoms with Gasteiger partial charge in [-0.05, 0) is 73.0 Å². The molecule has 0 saturated carbocycles. The standard InChI is InChI=1S/C28H24F3N3O3/c1-4-21-12-18(9-11-32-21)24-6-5-10-33-27(24)37-25-13-19(8-7-17(25)2)26(35)34-22-14-20(28(29,30)31)15-23(16-22)36-3/h5-16H,4H2,1-3H3,(H,34,35). The smallest absolute Gasteiger partial charge is 0.416 e. The Morgan fingerprint density at radius 3 is 2.54 bits per heavy atom. The van der Waals surface area contributed by atoms with Crippen molar-refractivity contribution in [2.75, 3.05) is 12.4 Å². The second-order valence-electron chi connectivity index (χ2n) is 8.23. The zero-order valence-electron chi connectivity index (χ0n) is 20.4. The average molecular weight is 508 g/mol. The van der Waals surface area contributed by atoms with Crippen LogP contribution in [-0.4, -0.2) is 23.0 Å². The summed E-state index contributed by atoms with van der Waals surface area (Å²) in [5, 5.41) is 2.51. The fraction of sp³-hybridized carbons (Fsp3) is 0.179. The molecule has 0 aliphatic heterocycles. The van der Waals surface area contributed by atoms with Crippen molar-refractivity contribution in [1.29, 1.82) is 0 Å². The lowest BCUT2D eigenvalue weighted by atomic mass is 10.1. The van der Waals surface area contributed by atoms with E-state index in [1.165, 1.54) is 19.2 Å². The van der Waals surface area contributed by atoms with Gasteiger partial charge < -0.3 is 14.8 Å². The van der Waals surface area contributed by atoms with E-state index in [0.29, 0.717) is 11.6 Å². The molecule has 0 saturated heterocycles. The number of aromatic nitrogens is 2. The number of hydrogen-bond donors (Lipinski definition) is 1. The summed E-state index contributed by atoms with van der Waals surface area (Å²) in [6.07, 6.45) is -0.484. The van der Waals surface area contributed by atoms with E-state index in [9.17, 15) is 18.0 Å². The largest absolute Gasteiger partial charge is 0.497 e. The Kier molecular flexibility index (Phi) is 7.42. The van der Waals surface area contributed by atoms with Gasteiger partial charge in [0.15, 0.2) is 0 Å². The van der Waals surface area contributed by atoms with Crippen molar-refractivity contribution < 1.29 is 27.4 Å². The first kappa shape index (κ1) is 25.7. The number of alkyl halides is 3. The van der Waals surface area contributed by atoms with Crippen LogP contribution in [0.3, 0.4) is 0 Å². The molecule has 0 atom stereocenters. The first-order valence-electron chi connectivity index (χ1n) is 11.4. The Labute approximate surface area is 212 Å². The lowest BCUT2D eigenvalue weighted by Crippen LogP contribution is -2.14. The van der Waals surface area contributed by atoms with E-state index >= 15 is 0 Å². The van der Waals surface area contributed by atoms with Gasteiger partial charge in [0.05, 0.1) is 12.7 Å². The van der Waals surface area contributed by atoms with E-state index in [1.807, 2.05) is 32.0 Å². The van der Waals surface area contributed by atoms with Gasteiger partial charge >= 0.3 is 6.18 Å². The lowest BCUT2D eigenvalue weighted by molar-refractivity contribution is -0.137. The number of methoxy groups -OCH3 is 1. The summed E-state index contributed by atoms with van der Waals surface area (Å²) in [6, 6.07) is 15.3. The van der Waals surface area contributed by atoms with E-state index in [2.05, 4.69) is 15.3 Å². The highest BCUT2D eigenvalue weighted by molar-refractivity contribution is 6.04. The SMILES string of the molecule is CCc1cc(-c2cccnc2Oc2cc(C(=O)Nc3cc(OC)cc(C(F)(F)F)c3)ccc2C)ccn1. The van der Waals surface area contributed by atoms with Crippen LogP contribution < -0.4 is 14.8 Å². The summed E-state index contributed by atoms with van der Waals surface area (Å²) >= 11 is 0. The minimum absolute atomic E-state index is 0.0249. The molecule has 1 N–H and O–H groups in total. The Balaban J connectivity index is 1.62. The normalized spacial score (nSPS) is 11.2. The van der Waals surface area contributed by atoms with Crippen LogP contribution in [0.25, 0.3) is 11.1 Å². The Morgan fingerprint density at radius 1 is 1.00 bits per heavy atom. The molecular formula is C28H24F3N3O3. The number of halogens is 3. The predicted octanol–water partition coefficient (Wildman–Crippen LogP) is 7.09. The number of ether oxygens (including phenoxy) is 2. The molecule has 2 aromatic carbocycles. The summed E-state index contributed by atoms with van der Waals surface area (Å²) < 4.78 is 50.8. The average Bonchev–Trinajstić information content (AvgIpc) is 2.89. The molecular weight excluding hydrogens is 483 g/mol. The van der Waals surface area contributed by atoms with E-state index in [-0.39, 0.29) is 17.0 Å². The van der Waals surface area contributed by atoms with Crippen molar-refractivity contribution >= 4 is 11.6 Å². The summed E-state index contributed by atoms with van der Waals surface area (Å²) in [6.45, 7) is 3.83. The summed E-state index contributed by atoms with van der Waals surface area (Å²) in [7, 11) is 1.26. The molecule has 0 aliphatic carbocycles. The van der Waals surface area contributed by atoms with Crippen LogP contribution in [0, 0.1) is 6.92 Å². The first-order valence-corrected chi connectivity index (χ1v) is 11.4. The Hall–Kier alpha value is -4.40. The number of nitrogens with one attached hydrogen (secondary N) is 1. The Morgan fingerprint density at radius 2 is 1.81 bits per heavy atom. The van der Waals surface area contributed by atoms with Crippen molar-refractivity contribution in [1.82, 2.24) is 9.97 Å². The summed E-state index contributed by atoms with van der Waals surface area (Å²) in [5.74, 6) is 0.107. The highest BCUT2D eigenvalue weighted by atomic mass is 19.4. The van der Waals surface area contributed by atoms with Crippen LogP contribution in [-0.2, 0) is 12.6 Å². The summed E-state index contributed by atoms with van der Waals surface area (Å²) in [5.41, 5.74) is 2.54. The van der Waals surface area contributed by atoms with Crippen LogP contribution in [0.15, 0.2) is 73.1 Å². The third-order valence-electron chi connectivity index (χ3n) is 5.65. The van der Waals surface area contributed by atoms with Crippen molar-refractivity contribution in [2.24, 2.45) is 0 Å². The molecule has 9 heteroatoms. The minimum atomic E-state index is -4.59. The number of benzene rings is 2. The van der Waals surface area contributed by atoms with Gasteiger partial charge in [-0.25, -0.2) is 4.98 Å². The molecule has 0 spiro atoms. The second kappa shape index (κ2) is 10.7. The van der Waals surface area contributed by atoms with Gasteiger partial charge in [-0.3, -0.25) is 9.78 Å². The Bertz CT molecular complexity index is 1440. The number of nitrogens with zero attached hydrogens (tertiary/aromatic N) is 2. The molecule has 0 bridgehead atoms. The van der Waals surface area contributed by atoms with Gasteiger partial charge in [-0.2, -0.15) is 13.2 Å². The molecule has 2 aromatic heterocycles. The maximum atomic E-state index is 13.3. The molecule has 4 rings (SSSR count).